The van der Waals surface area contributed by atoms with E-state index in [1.54, 1.807) is 52.4 Å². The maximum atomic E-state index is 13.8. The number of phenols is 1. The number of aryl methyl sites for hydroxylation is 1. The second-order valence-electron chi connectivity index (χ2n) is 9.51. The largest absolute Gasteiger partial charge is 0.504 e. The maximum Gasteiger partial charge on any atom is 0.337 e. The third-order valence-electron chi connectivity index (χ3n) is 7.31. The van der Waals surface area contributed by atoms with Gasteiger partial charge in [0.15, 0.2) is 17.3 Å². The number of carbonyl (C=O) groups excluding carboxylic acids is 1. The van der Waals surface area contributed by atoms with Gasteiger partial charge in [0.1, 0.15) is 5.82 Å². The number of carboxylic acid groups (broad SMARTS) is 1. The highest BCUT2D eigenvalue weighted by Gasteiger charge is 2.41. The molecule has 0 amide bonds. The zero-order valence-electron chi connectivity index (χ0n) is 20.8. The molecule has 0 bridgehead atoms. The summed E-state index contributed by atoms with van der Waals surface area (Å²) in [5.74, 6) is -0.512. The van der Waals surface area contributed by atoms with Crippen molar-refractivity contribution in [2.75, 3.05) is 12.4 Å². The second-order valence-corrected chi connectivity index (χ2v) is 10.5. The molecule has 38 heavy (non-hydrogen) atoms. The number of nitrogens with zero attached hydrogens (tertiary/aromatic N) is 2. The molecular formula is C29H25N3O5S. The van der Waals surface area contributed by atoms with Gasteiger partial charge in [-0.3, -0.25) is 4.79 Å². The van der Waals surface area contributed by atoms with E-state index in [4.69, 9.17) is 9.84 Å². The molecule has 3 heterocycles. The molecule has 192 valence electrons. The summed E-state index contributed by atoms with van der Waals surface area (Å²) in [4.78, 5) is 27.0. The average molecular weight is 528 g/mol. The fraction of sp³-hybridized carbons (Fsp3) is 0.207. The van der Waals surface area contributed by atoms with Gasteiger partial charge in [-0.25, -0.2) is 9.48 Å². The molecule has 2 aromatic carbocycles. The minimum atomic E-state index is -1.06. The van der Waals surface area contributed by atoms with E-state index in [2.05, 4.69) is 11.4 Å². The molecule has 1 aliphatic heterocycles. The Morgan fingerprint density at radius 2 is 1.97 bits per heavy atom. The Kier molecular flexibility index (Phi) is 5.80. The number of aromatic carboxylic acids is 1. The summed E-state index contributed by atoms with van der Waals surface area (Å²) in [7, 11) is 1.49. The predicted molar refractivity (Wildman–Crippen MR) is 144 cm³/mol. The number of allylic oxidation sites excluding steroid dienone is 2. The Balaban J connectivity index is 1.57. The van der Waals surface area contributed by atoms with Crippen LogP contribution in [0.2, 0.25) is 0 Å². The van der Waals surface area contributed by atoms with Crippen LogP contribution in [0, 0.1) is 6.92 Å². The van der Waals surface area contributed by atoms with Crippen molar-refractivity contribution < 1.29 is 24.5 Å². The summed E-state index contributed by atoms with van der Waals surface area (Å²) in [5, 5.41) is 30.7. The lowest BCUT2D eigenvalue weighted by Crippen LogP contribution is -2.30. The van der Waals surface area contributed by atoms with E-state index in [9.17, 15) is 19.8 Å². The number of carbonyl (C=O) groups is 2. The molecule has 0 radical (unpaired) electrons. The van der Waals surface area contributed by atoms with Crippen LogP contribution in [0.1, 0.15) is 56.7 Å². The first-order valence-electron chi connectivity index (χ1n) is 12.2. The molecule has 4 aromatic rings. The molecule has 0 saturated heterocycles. The molecule has 2 aromatic heterocycles. The maximum absolute atomic E-state index is 13.8. The molecule has 6 rings (SSSR count). The standard InChI is InChI=1S/C29H25N3O5S/c1-15-25-26(16-9-10-23(37-2)21(33)13-16)27-19(12-17(14-22(27)34)24-8-5-11-38-24)30-28(25)32(31-15)20-7-4-3-6-18(20)29(35)36/h3-11,13,17,26,30,33H,12,14H2,1-2H3,(H,35,36)/t17-,26+/m1/s1. The number of para-hydroxylation sites is 1. The fourth-order valence-corrected chi connectivity index (χ4v) is 6.47. The monoisotopic (exact) mass is 527 g/mol. The smallest absolute Gasteiger partial charge is 0.337 e. The van der Waals surface area contributed by atoms with E-state index in [-0.39, 0.29) is 23.0 Å². The van der Waals surface area contributed by atoms with Gasteiger partial charge < -0.3 is 20.3 Å². The quantitative estimate of drug-likeness (QED) is 0.309. The van der Waals surface area contributed by atoms with Gasteiger partial charge in [-0.15, -0.1) is 11.3 Å². The van der Waals surface area contributed by atoms with Crippen LogP contribution in [0.5, 0.6) is 11.5 Å². The number of aromatic nitrogens is 2. The molecule has 3 N–H and O–H groups in total. The second kappa shape index (κ2) is 9.18. The third-order valence-corrected chi connectivity index (χ3v) is 8.34. The molecule has 9 heteroatoms. The van der Waals surface area contributed by atoms with Gasteiger partial charge in [0, 0.05) is 40.0 Å². The normalized spacial score (nSPS) is 18.5. The number of hydrogen-bond donors (Lipinski definition) is 3. The van der Waals surface area contributed by atoms with Gasteiger partial charge in [-0.1, -0.05) is 24.3 Å². The number of thiophene rings is 1. The van der Waals surface area contributed by atoms with E-state index in [0.717, 1.165) is 21.7 Å². The van der Waals surface area contributed by atoms with E-state index in [0.29, 0.717) is 41.4 Å². The molecule has 0 saturated carbocycles. The molecule has 8 nitrogen and oxygen atoms in total. The molecule has 0 unspecified atom stereocenters. The zero-order chi connectivity index (χ0) is 26.6. The van der Waals surface area contributed by atoms with Crippen LogP contribution in [-0.2, 0) is 4.79 Å². The first-order valence-corrected chi connectivity index (χ1v) is 13.1. The lowest BCUT2D eigenvalue weighted by molar-refractivity contribution is -0.116. The van der Waals surface area contributed by atoms with Crippen LogP contribution in [0.3, 0.4) is 0 Å². The summed E-state index contributed by atoms with van der Waals surface area (Å²) in [6.07, 6.45) is 1.02. The number of ketones is 1. The van der Waals surface area contributed by atoms with Gasteiger partial charge >= 0.3 is 5.97 Å². The number of Topliss-reactive ketones (excluding diaryl/α,β-unsaturated/α-hetero) is 1. The zero-order valence-corrected chi connectivity index (χ0v) is 21.6. The van der Waals surface area contributed by atoms with Crippen molar-refractivity contribution in [3.63, 3.8) is 0 Å². The molecule has 2 aliphatic rings. The van der Waals surface area contributed by atoms with Gasteiger partial charge in [-0.05, 0) is 54.6 Å². The van der Waals surface area contributed by atoms with Crippen molar-refractivity contribution in [3.8, 4) is 17.2 Å². The Morgan fingerprint density at radius 1 is 1.16 bits per heavy atom. The Morgan fingerprint density at radius 3 is 2.68 bits per heavy atom. The summed E-state index contributed by atoms with van der Waals surface area (Å²) in [6.45, 7) is 1.85. The van der Waals surface area contributed by atoms with Crippen LogP contribution >= 0.6 is 11.3 Å². The van der Waals surface area contributed by atoms with Crippen LogP contribution in [0.4, 0.5) is 5.82 Å². The number of benzene rings is 2. The van der Waals surface area contributed by atoms with Crippen LogP contribution in [0.15, 0.2) is 71.2 Å². The fourth-order valence-electron chi connectivity index (χ4n) is 5.63. The van der Waals surface area contributed by atoms with E-state index < -0.39 is 11.9 Å². The summed E-state index contributed by atoms with van der Waals surface area (Å²) in [6, 6.07) is 15.9. The van der Waals surface area contributed by atoms with E-state index >= 15 is 0 Å². The van der Waals surface area contributed by atoms with Gasteiger partial charge in [-0.2, -0.15) is 5.10 Å². The van der Waals surface area contributed by atoms with E-state index in [1.165, 1.54) is 7.11 Å². The first kappa shape index (κ1) is 24.0. The number of methoxy groups -OCH3 is 1. The topological polar surface area (TPSA) is 114 Å². The lowest BCUT2D eigenvalue weighted by Gasteiger charge is -2.35. The van der Waals surface area contributed by atoms with E-state index in [1.807, 2.05) is 24.4 Å². The number of aromatic hydroxyl groups is 1. The molecular weight excluding hydrogens is 502 g/mol. The Hall–Kier alpha value is -4.37. The highest BCUT2D eigenvalue weighted by Crippen LogP contribution is 2.50. The number of anilines is 1. The number of hydrogen-bond acceptors (Lipinski definition) is 7. The van der Waals surface area contributed by atoms with Gasteiger partial charge in [0.2, 0.25) is 0 Å². The van der Waals surface area contributed by atoms with Crippen LogP contribution in [0.25, 0.3) is 5.69 Å². The first-order chi connectivity index (χ1) is 18.4. The lowest BCUT2D eigenvalue weighted by atomic mass is 9.73. The van der Waals surface area contributed by atoms with Crippen molar-refractivity contribution in [1.29, 1.82) is 0 Å². The van der Waals surface area contributed by atoms with Crippen molar-refractivity contribution >= 4 is 28.9 Å². The number of carboxylic acids is 1. The Labute approximate surface area is 222 Å². The predicted octanol–water partition coefficient (Wildman–Crippen LogP) is 5.61. The van der Waals surface area contributed by atoms with Crippen molar-refractivity contribution in [2.24, 2.45) is 0 Å². The molecule has 2 atom stereocenters. The SMILES string of the molecule is COc1ccc([C@@H]2C3=C(C[C@@H](c4cccs4)CC3=O)Nc3c2c(C)nn3-c2ccccc2C(=O)O)cc1O. The Bertz CT molecular complexity index is 1620. The highest BCUT2D eigenvalue weighted by molar-refractivity contribution is 7.10. The number of rotatable bonds is 5. The molecule has 1 aliphatic carbocycles. The molecule has 0 spiro atoms. The highest BCUT2D eigenvalue weighted by atomic mass is 32.1. The molecule has 0 fully saturated rings. The van der Waals surface area contributed by atoms with Gasteiger partial charge in [0.05, 0.1) is 24.1 Å². The summed E-state index contributed by atoms with van der Waals surface area (Å²) >= 11 is 1.64. The number of phenolic OH excluding ortho intramolecular Hbond substituents is 1. The van der Waals surface area contributed by atoms with Crippen LogP contribution in [-0.4, -0.2) is 38.9 Å². The van der Waals surface area contributed by atoms with Crippen molar-refractivity contribution in [1.82, 2.24) is 9.78 Å². The number of ether oxygens (including phenoxy) is 1. The van der Waals surface area contributed by atoms with Crippen LogP contribution < -0.4 is 10.1 Å². The average Bonchev–Trinajstić information content (AvgIpc) is 3.56. The summed E-state index contributed by atoms with van der Waals surface area (Å²) < 4.78 is 6.87. The number of fused-ring (bicyclic) bond motifs is 1. The third kappa shape index (κ3) is 3.78. The minimum Gasteiger partial charge on any atom is -0.504 e. The van der Waals surface area contributed by atoms with Crippen molar-refractivity contribution in [2.45, 2.75) is 31.6 Å². The number of nitrogens with one attached hydrogen (secondary N) is 1. The van der Waals surface area contributed by atoms with Crippen molar-refractivity contribution in [3.05, 3.63) is 98.5 Å². The van der Waals surface area contributed by atoms with Gasteiger partial charge in [0.25, 0.3) is 0 Å². The minimum absolute atomic E-state index is 0.0202. The summed E-state index contributed by atoms with van der Waals surface area (Å²) in [5.41, 5.74) is 4.16.